The molecule has 0 amide bonds. The van der Waals surface area contributed by atoms with Crippen molar-refractivity contribution in [2.24, 2.45) is 0 Å². The molecule has 0 aromatic heterocycles. The molecule has 1 rings (SSSR count). The van der Waals surface area contributed by atoms with Crippen molar-refractivity contribution >= 4 is 35.7 Å². The quantitative estimate of drug-likeness (QED) is 0.748. The van der Waals surface area contributed by atoms with E-state index >= 15 is 0 Å². The fourth-order valence-electron chi connectivity index (χ4n) is 0.840. The van der Waals surface area contributed by atoms with Gasteiger partial charge in [-0.3, -0.25) is 0 Å². The Morgan fingerprint density at radius 1 is 1.50 bits per heavy atom. The molecule has 0 N–H and O–H groups in total. The first-order valence-corrected chi connectivity index (χ1v) is 6.31. The highest BCUT2D eigenvalue weighted by Crippen LogP contribution is 2.26. The molecule has 0 bridgehead atoms. The van der Waals surface area contributed by atoms with E-state index in [4.69, 9.17) is 15.9 Å². The minimum atomic E-state index is -4.10. The third kappa shape index (κ3) is 2.05. The third-order valence-corrected chi connectivity index (χ3v) is 3.41. The van der Waals surface area contributed by atoms with Crippen molar-refractivity contribution < 1.29 is 12.8 Å². The molecule has 0 fully saturated rings. The molecule has 0 saturated carbocycles. The minimum Gasteiger partial charge on any atom is -0.207 e. The Hall–Kier alpha value is -0.640. The Morgan fingerprint density at radius 3 is 2.50 bits per heavy atom. The van der Waals surface area contributed by atoms with E-state index in [0.29, 0.717) is 0 Å². The van der Waals surface area contributed by atoms with Crippen molar-refractivity contribution in [2.75, 3.05) is 0 Å². The van der Waals surface area contributed by atoms with Gasteiger partial charge in [-0.2, -0.15) is 5.26 Å². The van der Waals surface area contributed by atoms with Gasteiger partial charge in [0.1, 0.15) is 16.5 Å². The van der Waals surface area contributed by atoms with Gasteiger partial charge in [0.2, 0.25) is 0 Å². The SMILES string of the molecule is N#Cc1c(S(=O)(=O)Cl)ccc(Br)c1F. The molecule has 1 aromatic carbocycles. The number of halogens is 3. The number of hydrogen-bond acceptors (Lipinski definition) is 3. The summed E-state index contributed by atoms with van der Waals surface area (Å²) < 4.78 is 35.0. The lowest BCUT2D eigenvalue weighted by Gasteiger charge is -2.01. The first kappa shape index (κ1) is 11.4. The van der Waals surface area contributed by atoms with E-state index in [1.165, 1.54) is 12.1 Å². The molecule has 0 aliphatic carbocycles. The minimum absolute atomic E-state index is 0.0121. The molecular weight excluding hydrogens is 297 g/mol. The molecule has 0 saturated heterocycles. The summed E-state index contributed by atoms with van der Waals surface area (Å²) >= 11 is 2.82. The van der Waals surface area contributed by atoms with Gasteiger partial charge in [0.05, 0.1) is 4.47 Å². The number of nitriles is 1. The Morgan fingerprint density at radius 2 is 2.07 bits per heavy atom. The van der Waals surface area contributed by atoms with Crippen LogP contribution in [-0.2, 0) is 9.05 Å². The Kier molecular flexibility index (Phi) is 3.14. The van der Waals surface area contributed by atoms with Crippen molar-refractivity contribution in [1.29, 1.82) is 5.26 Å². The van der Waals surface area contributed by atoms with Gasteiger partial charge in [0.15, 0.2) is 5.82 Å². The smallest absolute Gasteiger partial charge is 0.207 e. The summed E-state index contributed by atoms with van der Waals surface area (Å²) in [6.07, 6.45) is 0. The van der Waals surface area contributed by atoms with E-state index in [9.17, 15) is 12.8 Å². The molecule has 3 nitrogen and oxygen atoms in total. The van der Waals surface area contributed by atoms with E-state index in [1.54, 1.807) is 0 Å². The summed E-state index contributed by atoms with van der Waals surface area (Å²) in [5.74, 6) is -0.936. The van der Waals surface area contributed by atoms with Crippen LogP contribution in [0.2, 0.25) is 0 Å². The zero-order valence-electron chi connectivity index (χ0n) is 6.46. The first-order chi connectivity index (χ1) is 6.38. The highest BCUT2D eigenvalue weighted by atomic mass is 79.9. The topological polar surface area (TPSA) is 57.9 Å². The van der Waals surface area contributed by atoms with Gasteiger partial charge < -0.3 is 0 Å². The van der Waals surface area contributed by atoms with Crippen LogP contribution in [0.25, 0.3) is 0 Å². The Labute approximate surface area is 92.7 Å². The van der Waals surface area contributed by atoms with Crippen LogP contribution in [0.5, 0.6) is 0 Å². The standard InChI is InChI=1S/C7H2BrClFNO2S/c8-5-1-2-6(14(9,12)13)4(3-11)7(5)10/h1-2H. The average molecular weight is 299 g/mol. The van der Waals surface area contributed by atoms with E-state index in [2.05, 4.69) is 15.9 Å². The highest BCUT2D eigenvalue weighted by molar-refractivity contribution is 9.10. The zero-order chi connectivity index (χ0) is 10.9. The molecule has 0 atom stereocenters. The van der Waals surface area contributed by atoms with Gasteiger partial charge in [0, 0.05) is 10.7 Å². The normalized spacial score (nSPS) is 11.0. The summed E-state index contributed by atoms with van der Waals surface area (Å²) in [6, 6.07) is 3.68. The third-order valence-electron chi connectivity index (χ3n) is 1.43. The fraction of sp³-hybridized carbons (Fsp3) is 0. The predicted molar refractivity (Wildman–Crippen MR) is 51.9 cm³/mol. The summed E-state index contributed by atoms with van der Waals surface area (Å²) in [6.45, 7) is 0. The van der Waals surface area contributed by atoms with Crippen LogP contribution in [0, 0.1) is 17.1 Å². The highest BCUT2D eigenvalue weighted by Gasteiger charge is 2.20. The molecule has 0 unspecified atom stereocenters. The Bertz CT molecular complexity index is 523. The molecule has 0 radical (unpaired) electrons. The second-order valence-corrected chi connectivity index (χ2v) is 5.67. The van der Waals surface area contributed by atoms with Gasteiger partial charge in [0.25, 0.3) is 9.05 Å². The summed E-state index contributed by atoms with van der Waals surface area (Å²) in [5, 5.41) is 8.55. The second kappa shape index (κ2) is 3.85. The summed E-state index contributed by atoms with van der Waals surface area (Å²) in [7, 11) is 0.910. The maximum atomic E-state index is 13.2. The van der Waals surface area contributed by atoms with Crippen molar-refractivity contribution in [1.82, 2.24) is 0 Å². The van der Waals surface area contributed by atoms with Crippen LogP contribution >= 0.6 is 26.6 Å². The van der Waals surface area contributed by atoms with E-state index < -0.39 is 25.3 Å². The lowest BCUT2D eigenvalue weighted by molar-refractivity contribution is 0.597. The molecule has 14 heavy (non-hydrogen) atoms. The fourth-order valence-corrected chi connectivity index (χ4v) is 2.17. The Balaban J connectivity index is 3.66. The molecule has 74 valence electrons. The molecular formula is C7H2BrClFNO2S. The van der Waals surface area contributed by atoms with Gasteiger partial charge in [-0.1, -0.05) is 0 Å². The zero-order valence-corrected chi connectivity index (χ0v) is 9.62. The van der Waals surface area contributed by atoms with Crippen LogP contribution in [0.4, 0.5) is 4.39 Å². The lowest BCUT2D eigenvalue weighted by atomic mass is 10.2. The average Bonchev–Trinajstić information content (AvgIpc) is 2.07. The first-order valence-electron chi connectivity index (χ1n) is 3.20. The van der Waals surface area contributed by atoms with Gasteiger partial charge in [-0.15, -0.1) is 0 Å². The van der Waals surface area contributed by atoms with E-state index in [0.717, 1.165) is 6.07 Å². The number of benzene rings is 1. The van der Waals surface area contributed by atoms with Crippen LogP contribution in [0.15, 0.2) is 21.5 Å². The van der Waals surface area contributed by atoms with Crippen molar-refractivity contribution in [3.05, 3.63) is 28.0 Å². The molecule has 1 aromatic rings. The predicted octanol–water partition coefficient (Wildman–Crippen LogP) is 2.39. The molecule has 0 aliphatic heterocycles. The largest absolute Gasteiger partial charge is 0.262 e. The lowest BCUT2D eigenvalue weighted by Crippen LogP contribution is -1.98. The van der Waals surface area contributed by atoms with Gasteiger partial charge >= 0.3 is 0 Å². The van der Waals surface area contributed by atoms with Crippen molar-refractivity contribution in [3.63, 3.8) is 0 Å². The maximum absolute atomic E-state index is 13.2. The van der Waals surface area contributed by atoms with Gasteiger partial charge in [-0.05, 0) is 28.1 Å². The van der Waals surface area contributed by atoms with E-state index in [-0.39, 0.29) is 4.47 Å². The van der Waals surface area contributed by atoms with Crippen LogP contribution < -0.4 is 0 Å². The van der Waals surface area contributed by atoms with Crippen molar-refractivity contribution in [2.45, 2.75) is 4.90 Å². The molecule has 0 aliphatic rings. The van der Waals surface area contributed by atoms with E-state index in [1.807, 2.05) is 0 Å². The summed E-state index contributed by atoms with van der Waals surface area (Å²) in [5.41, 5.74) is -0.589. The van der Waals surface area contributed by atoms with Crippen molar-refractivity contribution in [3.8, 4) is 6.07 Å². The van der Waals surface area contributed by atoms with Crippen LogP contribution in [-0.4, -0.2) is 8.42 Å². The molecule has 0 heterocycles. The summed E-state index contributed by atoms with van der Waals surface area (Å²) in [4.78, 5) is -0.526. The monoisotopic (exact) mass is 297 g/mol. The van der Waals surface area contributed by atoms with Gasteiger partial charge in [-0.25, -0.2) is 12.8 Å². The maximum Gasteiger partial charge on any atom is 0.262 e. The van der Waals surface area contributed by atoms with Crippen LogP contribution in [0.1, 0.15) is 5.56 Å². The second-order valence-electron chi connectivity index (χ2n) is 2.28. The number of hydrogen-bond donors (Lipinski definition) is 0. The number of nitrogens with zero attached hydrogens (tertiary/aromatic N) is 1. The van der Waals surface area contributed by atoms with Crippen LogP contribution in [0.3, 0.4) is 0 Å². The molecule has 7 heteroatoms. The number of rotatable bonds is 1. The molecule has 0 spiro atoms.